The lowest BCUT2D eigenvalue weighted by molar-refractivity contribution is -0.146. The maximum absolute atomic E-state index is 14.4. The molecule has 11 nitrogen and oxygen atoms in total. The number of hydrogen-bond acceptors (Lipinski definition) is 7. The number of carbonyl (C=O) groups excluding carboxylic acids is 5. The summed E-state index contributed by atoms with van der Waals surface area (Å²) in [7, 11) is -2.97. The number of fused-ring (bicyclic) bond motifs is 1. The summed E-state index contributed by atoms with van der Waals surface area (Å²) >= 11 is 0. The fourth-order valence-electron chi connectivity index (χ4n) is 8.92. The Kier molecular flexibility index (Phi) is 16.5. The highest BCUT2D eigenvalue weighted by atomic mass is 28.4. The quantitative estimate of drug-likeness (QED) is 0.0715. The Labute approximate surface area is 379 Å². The number of carbonyl (C=O) groups is 5. The van der Waals surface area contributed by atoms with Crippen LogP contribution < -0.4 is 31.1 Å². The molecule has 64 heavy (non-hydrogen) atoms. The number of allylic oxidation sites excluding steroid dienone is 1. The normalized spacial score (nSPS) is 20.5. The van der Waals surface area contributed by atoms with Crippen LogP contribution in [0, 0.1) is 0 Å². The van der Waals surface area contributed by atoms with E-state index < -0.39 is 56.3 Å². The zero-order valence-corrected chi connectivity index (χ0v) is 38.9. The van der Waals surface area contributed by atoms with Gasteiger partial charge >= 0.3 is 0 Å². The second-order valence-electron chi connectivity index (χ2n) is 17.9. The number of ketones is 1. The van der Waals surface area contributed by atoms with E-state index >= 15 is 0 Å². The van der Waals surface area contributed by atoms with E-state index in [0.29, 0.717) is 38.2 Å². The second kappa shape index (κ2) is 22.2. The van der Waals surface area contributed by atoms with Gasteiger partial charge in [0.15, 0.2) is 5.78 Å². The zero-order valence-electron chi connectivity index (χ0n) is 37.9. The molecule has 0 aromatic heterocycles. The van der Waals surface area contributed by atoms with Crippen molar-refractivity contribution in [2.75, 3.05) is 13.2 Å². The molecule has 5 atom stereocenters. The first-order chi connectivity index (χ1) is 30.8. The smallest absolute Gasteiger partial charge is 0.262 e. The summed E-state index contributed by atoms with van der Waals surface area (Å²) in [5, 5.41) is 10.8. The minimum absolute atomic E-state index is 0.141. The first-order valence-corrected chi connectivity index (χ1v) is 24.7. The number of hydrogen-bond donors (Lipinski definition) is 3. The predicted octanol–water partition coefficient (Wildman–Crippen LogP) is 5.98. The Morgan fingerprint density at radius 2 is 1.28 bits per heavy atom. The largest absolute Gasteiger partial charge is 0.494 e. The van der Waals surface area contributed by atoms with E-state index in [2.05, 4.69) is 61.0 Å². The summed E-state index contributed by atoms with van der Waals surface area (Å²) in [6.07, 6.45) is 6.02. The molecule has 2 saturated heterocycles. The van der Waals surface area contributed by atoms with Crippen molar-refractivity contribution >= 4 is 48.1 Å². The van der Waals surface area contributed by atoms with Crippen LogP contribution in [0.2, 0.25) is 5.04 Å². The van der Waals surface area contributed by atoms with Crippen molar-refractivity contribution in [1.29, 1.82) is 0 Å². The Balaban J connectivity index is 1.20. The SMILES string of the molecule is CCOc1ccc(C[C@@H]2NC(=O)[C@H](CCC/C=C/C(=O)[C@@H](C)O[Si](c3ccccc3)(c3ccccc3)C(C)(C)C)NC(=O)[C@H]3CCCCN3C(=O)[C@H](Cc3ccccc3)NC2=O)cc1. The third-order valence-corrected chi connectivity index (χ3v) is 17.4. The number of amides is 4. The predicted molar refractivity (Wildman–Crippen MR) is 253 cm³/mol. The first-order valence-electron chi connectivity index (χ1n) is 22.8. The van der Waals surface area contributed by atoms with Gasteiger partial charge in [0, 0.05) is 19.4 Å². The average molecular weight is 885 g/mol. The Morgan fingerprint density at radius 3 is 1.89 bits per heavy atom. The zero-order chi connectivity index (χ0) is 45.7. The minimum atomic E-state index is -2.97. The molecule has 338 valence electrons. The number of piperidine rings is 1. The van der Waals surface area contributed by atoms with Crippen molar-refractivity contribution in [2.24, 2.45) is 0 Å². The first kappa shape index (κ1) is 47.6. The van der Waals surface area contributed by atoms with Crippen LogP contribution in [0.4, 0.5) is 0 Å². The molecule has 4 aromatic carbocycles. The van der Waals surface area contributed by atoms with E-state index in [1.54, 1.807) is 24.0 Å². The van der Waals surface area contributed by atoms with E-state index in [1.807, 2.05) is 97.9 Å². The van der Waals surface area contributed by atoms with Crippen molar-refractivity contribution in [3.8, 4) is 5.75 Å². The van der Waals surface area contributed by atoms with Gasteiger partial charge in [0.1, 0.15) is 36.0 Å². The van der Waals surface area contributed by atoms with E-state index in [9.17, 15) is 24.0 Å². The van der Waals surface area contributed by atoms with Crippen LogP contribution in [0.15, 0.2) is 127 Å². The van der Waals surface area contributed by atoms with Crippen LogP contribution in [0.1, 0.15) is 84.3 Å². The monoisotopic (exact) mass is 884 g/mol. The number of nitrogens with one attached hydrogen (secondary N) is 3. The van der Waals surface area contributed by atoms with Gasteiger partial charge in [-0.1, -0.05) is 130 Å². The molecule has 2 aliphatic heterocycles. The van der Waals surface area contributed by atoms with E-state index in [1.165, 1.54) is 0 Å². The summed E-state index contributed by atoms with van der Waals surface area (Å²) in [6, 6.07) is 33.4. The van der Waals surface area contributed by atoms with Crippen molar-refractivity contribution in [3.63, 3.8) is 0 Å². The summed E-state index contributed by atoms with van der Waals surface area (Å²) in [5.74, 6) is -1.21. The molecule has 0 spiro atoms. The number of rotatable bonds is 16. The van der Waals surface area contributed by atoms with Gasteiger partial charge in [-0.25, -0.2) is 0 Å². The molecule has 0 unspecified atom stereocenters. The van der Waals surface area contributed by atoms with Gasteiger partial charge in [-0.15, -0.1) is 0 Å². The molecular weight excluding hydrogens is 821 g/mol. The molecule has 0 saturated carbocycles. The molecule has 12 heteroatoms. The van der Waals surface area contributed by atoms with Crippen molar-refractivity contribution in [1.82, 2.24) is 20.9 Å². The third kappa shape index (κ3) is 11.8. The van der Waals surface area contributed by atoms with E-state index in [0.717, 1.165) is 34.3 Å². The van der Waals surface area contributed by atoms with Gasteiger partial charge in [0.2, 0.25) is 23.6 Å². The molecule has 4 aromatic rings. The van der Waals surface area contributed by atoms with Crippen molar-refractivity contribution < 1.29 is 33.1 Å². The molecule has 0 radical (unpaired) electrons. The van der Waals surface area contributed by atoms with Crippen LogP contribution in [0.25, 0.3) is 0 Å². The summed E-state index contributed by atoms with van der Waals surface area (Å²) < 4.78 is 12.6. The van der Waals surface area contributed by atoms with Gasteiger partial charge in [-0.2, -0.15) is 0 Å². The van der Waals surface area contributed by atoms with Gasteiger partial charge in [-0.05, 0) is 97.1 Å². The molecule has 3 N–H and O–H groups in total. The summed E-state index contributed by atoms with van der Waals surface area (Å²) in [4.78, 5) is 72.4. The molecule has 6 rings (SSSR count). The lowest BCUT2D eigenvalue weighted by Crippen LogP contribution is -2.68. The topological polar surface area (TPSA) is 143 Å². The summed E-state index contributed by atoms with van der Waals surface area (Å²) in [6.45, 7) is 11.1. The minimum Gasteiger partial charge on any atom is -0.494 e. The van der Waals surface area contributed by atoms with Crippen LogP contribution in [0.3, 0.4) is 0 Å². The standard InChI is InChI=1S/C52H64N4O7Si/c1-6-62-40-32-30-39(31-33-40)35-44-49(59)55-45(36-38-21-11-7-12-22-38)51(61)56-34-20-19-28-46(56)50(60)53-43(48(58)54-44)27-17-10-18-29-47(57)37(2)63-64(52(3,4)5,41-23-13-8-14-24-41)42-25-15-9-16-26-42/h7-9,11-16,18,21-26,29-33,37,43-46H,6,10,17,19-20,27-28,34-36H2,1-5H3,(H,53,60)(H,54,58)(H,55,59)/b29-18+/t37-,43+,44+,45+,46-/m1/s1. The van der Waals surface area contributed by atoms with E-state index in [-0.39, 0.29) is 36.0 Å². The van der Waals surface area contributed by atoms with Gasteiger partial charge in [-0.3, -0.25) is 24.0 Å². The van der Waals surface area contributed by atoms with Crippen LogP contribution in [0.5, 0.6) is 5.75 Å². The van der Waals surface area contributed by atoms with Gasteiger partial charge in [0.25, 0.3) is 8.32 Å². The highest BCUT2D eigenvalue weighted by Gasteiger charge is 2.51. The van der Waals surface area contributed by atoms with Gasteiger partial charge in [0.05, 0.1) is 6.61 Å². The van der Waals surface area contributed by atoms with Crippen LogP contribution in [-0.2, 0) is 41.2 Å². The number of benzene rings is 4. The fraction of sp³-hybridized carbons (Fsp3) is 0.404. The maximum Gasteiger partial charge on any atom is 0.262 e. The third-order valence-electron chi connectivity index (χ3n) is 12.2. The lowest BCUT2D eigenvalue weighted by atomic mass is 9.96. The molecule has 0 bridgehead atoms. The lowest BCUT2D eigenvalue weighted by Gasteiger charge is -2.44. The maximum atomic E-state index is 14.4. The molecule has 4 amide bonds. The Bertz CT molecular complexity index is 2170. The van der Waals surface area contributed by atoms with Crippen molar-refractivity contribution in [3.05, 3.63) is 139 Å². The molecule has 0 aliphatic carbocycles. The van der Waals surface area contributed by atoms with E-state index in [4.69, 9.17) is 9.16 Å². The average Bonchev–Trinajstić information content (AvgIpc) is 3.30. The van der Waals surface area contributed by atoms with Crippen LogP contribution >= 0.6 is 0 Å². The van der Waals surface area contributed by atoms with Gasteiger partial charge < -0.3 is 30.0 Å². The number of nitrogens with zero attached hydrogens (tertiary/aromatic N) is 1. The second-order valence-corrected chi connectivity index (χ2v) is 22.1. The Morgan fingerprint density at radius 1 is 0.734 bits per heavy atom. The summed E-state index contributed by atoms with van der Waals surface area (Å²) in [5.41, 5.74) is 1.64. The molecule has 2 fully saturated rings. The fourth-order valence-corrected chi connectivity index (χ4v) is 13.6. The Hall–Kier alpha value is -5.85. The number of unbranched alkanes of at least 4 members (excludes halogenated alkanes) is 1. The number of ether oxygens (including phenoxy) is 1. The molecule has 2 aliphatic rings. The van der Waals surface area contributed by atoms with Crippen molar-refractivity contribution in [2.45, 2.75) is 121 Å². The highest BCUT2D eigenvalue weighted by Crippen LogP contribution is 2.37. The highest BCUT2D eigenvalue weighted by molar-refractivity contribution is 6.99. The van der Waals surface area contributed by atoms with Crippen LogP contribution in [-0.4, -0.2) is 86.1 Å². The molecular formula is C52H64N4O7Si. The molecule has 2 heterocycles.